The Morgan fingerprint density at radius 3 is 1.90 bits per heavy atom. The van der Waals surface area contributed by atoms with E-state index < -0.39 is 11.4 Å². The average Bonchev–Trinajstić information content (AvgIpc) is 2.16. The average molecular weight is 272 g/mol. The highest BCUT2D eigenvalue weighted by atomic mass is 79.9. The van der Waals surface area contributed by atoms with Crippen LogP contribution in [0.2, 0.25) is 0 Å². The normalized spacial score (nSPS) is 52.6. The number of carboxylic acid groups (broad SMARTS) is 1. The van der Waals surface area contributed by atoms with Crippen LogP contribution in [0.25, 0.3) is 0 Å². The first-order valence-corrected chi connectivity index (χ1v) is 4.62. The Morgan fingerprint density at radius 1 is 1.60 bits per heavy atom. The fourth-order valence-electron chi connectivity index (χ4n) is 1.01. The fraction of sp³-hybridized carbons (Fsp3) is 0.833. The molecule has 1 aliphatic carbocycles. The lowest BCUT2D eigenvalue weighted by Gasteiger charge is -2.04. The van der Waals surface area contributed by atoms with Gasteiger partial charge < -0.3 is 5.11 Å². The van der Waals surface area contributed by atoms with Gasteiger partial charge in [0.2, 0.25) is 0 Å². The van der Waals surface area contributed by atoms with E-state index in [2.05, 4.69) is 31.9 Å². The van der Waals surface area contributed by atoms with Gasteiger partial charge in [-0.1, -0.05) is 31.9 Å². The molecule has 0 spiro atoms. The molecule has 0 aromatic rings. The van der Waals surface area contributed by atoms with E-state index in [9.17, 15) is 4.79 Å². The number of carboxylic acids is 1. The maximum absolute atomic E-state index is 10.6. The summed E-state index contributed by atoms with van der Waals surface area (Å²) in [7, 11) is 0. The lowest BCUT2D eigenvalue weighted by atomic mass is 10.1. The van der Waals surface area contributed by atoms with Crippen LogP contribution >= 0.6 is 31.9 Å². The highest BCUT2D eigenvalue weighted by molar-refractivity contribution is 9.13. The van der Waals surface area contributed by atoms with Crippen molar-refractivity contribution in [3.8, 4) is 0 Å². The molecule has 10 heavy (non-hydrogen) atoms. The van der Waals surface area contributed by atoms with Crippen molar-refractivity contribution in [2.75, 3.05) is 0 Å². The van der Waals surface area contributed by atoms with Gasteiger partial charge in [-0.2, -0.15) is 0 Å². The van der Waals surface area contributed by atoms with Gasteiger partial charge in [0.1, 0.15) is 0 Å². The number of hydrogen-bond donors (Lipinski definition) is 1. The second-order valence-electron chi connectivity index (χ2n) is 2.95. The molecule has 0 saturated heterocycles. The molecule has 3 unspecified atom stereocenters. The Morgan fingerprint density at radius 2 is 1.90 bits per heavy atom. The molecule has 1 rings (SSSR count). The summed E-state index contributed by atoms with van der Waals surface area (Å²) in [6.07, 6.45) is 0. The van der Waals surface area contributed by atoms with Gasteiger partial charge in [-0.25, -0.2) is 0 Å². The number of alkyl halides is 2. The highest BCUT2D eigenvalue weighted by Gasteiger charge is 2.74. The summed E-state index contributed by atoms with van der Waals surface area (Å²) in [6.45, 7) is 3.60. The summed E-state index contributed by atoms with van der Waals surface area (Å²) in [6, 6.07) is 0. The molecule has 0 amide bonds. The molecule has 3 atom stereocenters. The third-order valence-corrected chi connectivity index (χ3v) is 6.09. The number of aliphatic carboxylic acids is 1. The SMILES string of the molecule is CC1(Br)C(Br)C1(C)C(=O)O. The first kappa shape index (κ1) is 8.53. The zero-order valence-electron chi connectivity index (χ0n) is 5.69. The zero-order valence-corrected chi connectivity index (χ0v) is 8.86. The van der Waals surface area contributed by atoms with Gasteiger partial charge in [0.15, 0.2) is 0 Å². The van der Waals surface area contributed by atoms with E-state index in [1.54, 1.807) is 6.92 Å². The van der Waals surface area contributed by atoms with Crippen molar-refractivity contribution in [2.45, 2.75) is 23.0 Å². The van der Waals surface area contributed by atoms with E-state index in [0.717, 1.165) is 0 Å². The quantitative estimate of drug-likeness (QED) is 0.741. The van der Waals surface area contributed by atoms with Gasteiger partial charge >= 0.3 is 5.97 Å². The first-order valence-electron chi connectivity index (χ1n) is 2.91. The molecular weight excluding hydrogens is 264 g/mol. The molecule has 2 nitrogen and oxygen atoms in total. The molecule has 0 aliphatic heterocycles. The van der Waals surface area contributed by atoms with Crippen LogP contribution < -0.4 is 0 Å². The van der Waals surface area contributed by atoms with Crippen LogP contribution in [-0.2, 0) is 4.79 Å². The van der Waals surface area contributed by atoms with Crippen LogP contribution in [0.4, 0.5) is 0 Å². The van der Waals surface area contributed by atoms with Crippen molar-refractivity contribution in [1.82, 2.24) is 0 Å². The number of hydrogen-bond acceptors (Lipinski definition) is 1. The van der Waals surface area contributed by atoms with Gasteiger partial charge in [0.05, 0.1) is 9.74 Å². The second kappa shape index (κ2) is 1.97. The third-order valence-electron chi connectivity index (χ3n) is 2.36. The molecule has 1 fully saturated rings. The number of rotatable bonds is 1. The minimum Gasteiger partial charge on any atom is -0.481 e. The fourth-order valence-corrected chi connectivity index (χ4v) is 3.08. The first-order chi connectivity index (χ1) is 4.35. The molecule has 0 radical (unpaired) electrons. The zero-order chi connectivity index (χ0) is 8.15. The molecule has 1 saturated carbocycles. The van der Waals surface area contributed by atoms with Crippen LogP contribution in [-0.4, -0.2) is 20.2 Å². The summed E-state index contributed by atoms with van der Waals surface area (Å²) in [4.78, 5) is 10.7. The molecule has 1 aliphatic rings. The van der Waals surface area contributed by atoms with E-state index in [1.807, 2.05) is 6.92 Å². The molecular formula is C6H8Br2O2. The van der Waals surface area contributed by atoms with E-state index >= 15 is 0 Å². The standard InChI is InChI=1S/C6H8Br2O2/c1-5(4(9)10)3(7)6(5,2)8/h3H,1-2H3,(H,9,10). The summed E-state index contributed by atoms with van der Waals surface area (Å²) < 4.78 is -0.286. The summed E-state index contributed by atoms with van der Waals surface area (Å²) in [5.74, 6) is -0.756. The van der Waals surface area contributed by atoms with Gasteiger partial charge in [-0.05, 0) is 13.8 Å². The second-order valence-corrected chi connectivity index (χ2v) is 5.51. The Labute approximate surface area is 76.2 Å². The monoisotopic (exact) mass is 270 g/mol. The Bertz CT molecular complexity index is 190. The van der Waals surface area contributed by atoms with Crippen molar-refractivity contribution in [1.29, 1.82) is 0 Å². The molecule has 4 heteroatoms. The van der Waals surface area contributed by atoms with Gasteiger partial charge in [0, 0.05) is 4.83 Å². The molecule has 0 aromatic heterocycles. The number of carbonyl (C=O) groups is 1. The van der Waals surface area contributed by atoms with Gasteiger partial charge in [-0.15, -0.1) is 0 Å². The molecule has 1 N–H and O–H groups in total. The van der Waals surface area contributed by atoms with Crippen LogP contribution in [0.3, 0.4) is 0 Å². The predicted molar refractivity (Wildman–Crippen MR) is 45.8 cm³/mol. The Hall–Kier alpha value is 0.430. The minimum atomic E-state index is -0.756. The predicted octanol–water partition coefficient (Wildman–Crippen LogP) is 2.01. The van der Waals surface area contributed by atoms with Crippen LogP contribution in [0, 0.1) is 5.41 Å². The highest BCUT2D eigenvalue weighted by Crippen LogP contribution is 2.65. The maximum atomic E-state index is 10.6. The molecule has 58 valence electrons. The summed E-state index contributed by atoms with van der Waals surface area (Å²) >= 11 is 6.65. The van der Waals surface area contributed by atoms with Crippen molar-refractivity contribution in [3.05, 3.63) is 0 Å². The maximum Gasteiger partial charge on any atom is 0.312 e. The van der Waals surface area contributed by atoms with E-state index in [-0.39, 0.29) is 9.15 Å². The van der Waals surface area contributed by atoms with E-state index in [0.29, 0.717) is 0 Å². The smallest absolute Gasteiger partial charge is 0.312 e. The van der Waals surface area contributed by atoms with E-state index in [1.165, 1.54) is 0 Å². The molecule has 0 bridgehead atoms. The third kappa shape index (κ3) is 0.720. The van der Waals surface area contributed by atoms with Crippen LogP contribution in [0.15, 0.2) is 0 Å². The summed E-state index contributed by atoms with van der Waals surface area (Å²) in [5.41, 5.74) is -0.646. The van der Waals surface area contributed by atoms with Crippen LogP contribution in [0.1, 0.15) is 13.8 Å². The van der Waals surface area contributed by atoms with Gasteiger partial charge in [-0.3, -0.25) is 4.79 Å². The topological polar surface area (TPSA) is 37.3 Å². The van der Waals surface area contributed by atoms with Crippen molar-refractivity contribution in [2.24, 2.45) is 5.41 Å². The lowest BCUT2D eigenvalue weighted by Crippen LogP contribution is -2.18. The van der Waals surface area contributed by atoms with Crippen molar-refractivity contribution in [3.63, 3.8) is 0 Å². The lowest BCUT2D eigenvalue weighted by molar-refractivity contribution is -0.142. The number of halogens is 2. The minimum absolute atomic E-state index is 0.0324. The summed E-state index contributed by atoms with van der Waals surface area (Å²) in [5, 5.41) is 8.76. The Balaban J connectivity index is 2.88. The van der Waals surface area contributed by atoms with Crippen LogP contribution in [0.5, 0.6) is 0 Å². The van der Waals surface area contributed by atoms with Crippen molar-refractivity contribution >= 4 is 37.8 Å². The van der Waals surface area contributed by atoms with Crippen molar-refractivity contribution < 1.29 is 9.90 Å². The molecule has 0 aromatic carbocycles. The Kier molecular flexibility index (Phi) is 1.68. The largest absolute Gasteiger partial charge is 0.481 e. The molecule has 0 heterocycles. The van der Waals surface area contributed by atoms with E-state index in [4.69, 9.17) is 5.11 Å². The van der Waals surface area contributed by atoms with Gasteiger partial charge in [0.25, 0.3) is 0 Å².